The lowest BCUT2D eigenvalue weighted by Gasteiger charge is -2.26. The van der Waals surface area contributed by atoms with E-state index in [-0.39, 0.29) is 18.0 Å². The van der Waals surface area contributed by atoms with Crippen molar-refractivity contribution in [2.75, 3.05) is 40.0 Å². The molecule has 0 bridgehead atoms. The molecule has 8 heteroatoms. The lowest BCUT2D eigenvalue weighted by molar-refractivity contribution is -0.102. The highest BCUT2D eigenvalue weighted by molar-refractivity contribution is 5.97. The van der Waals surface area contributed by atoms with Crippen LogP contribution in [0.2, 0.25) is 0 Å². The molecule has 1 amide bonds. The SMILES string of the molecule is CON(Cc1ccc(C)cc1)C(=O)c1cn(CCN2CCOCC2)c(O)c1O. The number of aromatic nitrogens is 1. The second kappa shape index (κ2) is 9.09. The van der Waals surface area contributed by atoms with Crippen molar-refractivity contribution >= 4 is 5.91 Å². The molecule has 1 fully saturated rings. The molecule has 2 aromatic rings. The maximum Gasteiger partial charge on any atom is 0.283 e. The van der Waals surface area contributed by atoms with E-state index in [9.17, 15) is 15.0 Å². The minimum atomic E-state index is -0.513. The minimum absolute atomic E-state index is 0.00781. The van der Waals surface area contributed by atoms with Crippen LogP contribution in [0.1, 0.15) is 21.5 Å². The monoisotopic (exact) mass is 389 g/mol. The van der Waals surface area contributed by atoms with Crippen molar-refractivity contribution in [1.29, 1.82) is 0 Å². The molecule has 2 heterocycles. The molecule has 1 aromatic carbocycles. The van der Waals surface area contributed by atoms with Gasteiger partial charge in [0, 0.05) is 32.4 Å². The normalized spacial score (nSPS) is 14.9. The van der Waals surface area contributed by atoms with E-state index in [1.807, 2.05) is 31.2 Å². The Morgan fingerprint density at radius 3 is 2.50 bits per heavy atom. The molecule has 1 aliphatic rings. The van der Waals surface area contributed by atoms with Gasteiger partial charge in [0.1, 0.15) is 5.56 Å². The highest BCUT2D eigenvalue weighted by Crippen LogP contribution is 2.32. The van der Waals surface area contributed by atoms with E-state index >= 15 is 0 Å². The van der Waals surface area contributed by atoms with Crippen molar-refractivity contribution in [3.8, 4) is 11.6 Å². The number of hydrogen-bond donors (Lipinski definition) is 2. The zero-order chi connectivity index (χ0) is 20.1. The fraction of sp³-hybridized carbons (Fsp3) is 0.450. The van der Waals surface area contributed by atoms with E-state index in [1.165, 1.54) is 17.9 Å². The van der Waals surface area contributed by atoms with Gasteiger partial charge in [-0.3, -0.25) is 14.5 Å². The Morgan fingerprint density at radius 2 is 1.86 bits per heavy atom. The van der Waals surface area contributed by atoms with Crippen molar-refractivity contribution in [1.82, 2.24) is 14.5 Å². The van der Waals surface area contributed by atoms with Gasteiger partial charge in [-0.2, -0.15) is 0 Å². The van der Waals surface area contributed by atoms with Gasteiger partial charge in [0.2, 0.25) is 5.88 Å². The van der Waals surface area contributed by atoms with Crippen LogP contribution in [0.5, 0.6) is 11.6 Å². The second-order valence-electron chi connectivity index (χ2n) is 6.87. The number of aryl methyl sites for hydroxylation is 1. The second-order valence-corrected chi connectivity index (χ2v) is 6.87. The smallest absolute Gasteiger partial charge is 0.283 e. The summed E-state index contributed by atoms with van der Waals surface area (Å²) >= 11 is 0. The first-order valence-electron chi connectivity index (χ1n) is 9.32. The summed E-state index contributed by atoms with van der Waals surface area (Å²) in [6, 6.07) is 7.75. The summed E-state index contributed by atoms with van der Waals surface area (Å²) in [7, 11) is 1.40. The van der Waals surface area contributed by atoms with Crippen LogP contribution in [-0.2, 0) is 22.7 Å². The minimum Gasteiger partial charge on any atom is -0.503 e. The molecule has 0 atom stereocenters. The summed E-state index contributed by atoms with van der Waals surface area (Å²) in [5, 5.41) is 21.7. The molecule has 0 unspecified atom stereocenters. The quantitative estimate of drug-likeness (QED) is 0.702. The third-order valence-electron chi connectivity index (χ3n) is 4.91. The summed E-state index contributed by atoms with van der Waals surface area (Å²) < 4.78 is 6.81. The molecule has 0 spiro atoms. The van der Waals surface area contributed by atoms with Crippen LogP contribution in [0.25, 0.3) is 0 Å². The van der Waals surface area contributed by atoms with Gasteiger partial charge in [0.25, 0.3) is 5.91 Å². The molecule has 0 aliphatic carbocycles. The van der Waals surface area contributed by atoms with Gasteiger partial charge in [-0.25, -0.2) is 5.06 Å². The molecule has 152 valence electrons. The van der Waals surface area contributed by atoms with Crippen LogP contribution < -0.4 is 0 Å². The Bertz CT molecular complexity index is 797. The van der Waals surface area contributed by atoms with Crippen molar-refractivity contribution in [2.45, 2.75) is 20.0 Å². The fourth-order valence-corrected chi connectivity index (χ4v) is 3.15. The van der Waals surface area contributed by atoms with Crippen molar-refractivity contribution in [3.05, 3.63) is 47.2 Å². The average molecular weight is 389 g/mol. The van der Waals surface area contributed by atoms with E-state index in [0.29, 0.717) is 26.3 Å². The van der Waals surface area contributed by atoms with Crippen LogP contribution in [0.3, 0.4) is 0 Å². The Hall–Kier alpha value is -2.55. The first kappa shape index (κ1) is 20.2. The standard InChI is InChI=1S/C20H27N3O5/c1-15-3-5-16(6-4-15)13-23(27-2)19(25)17-14-22(20(26)18(17)24)8-7-21-9-11-28-12-10-21/h3-6,14,24,26H,7-13H2,1-2H3. The van der Waals surface area contributed by atoms with E-state index in [4.69, 9.17) is 9.57 Å². The number of ether oxygens (including phenoxy) is 1. The number of nitrogens with zero attached hydrogens (tertiary/aromatic N) is 3. The van der Waals surface area contributed by atoms with Crippen LogP contribution in [0.4, 0.5) is 0 Å². The number of rotatable bonds is 7. The molecular formula is C20H27N3O5. The van der Waals surface area contributed by atoms with Crippen molar-refractivity contribution in [2.24, 2.45) is 0 Å². The summed E-state index contributed by atoms with van der Waals surface area (Å²) in [5.74, 6) is -1.26. The lowest BCUT2D eigenvalue weighted by Crippen LogP contribution is -2.38. The number of carbonyl (C=O) groups excluding carboxylic acids is 1. The van der Waals surface area contributed by atoms with Crippen molar-refractivity contribution < 1.29 is 24.6 Å². The summed E-state index contributed by atoms with van der Waals surface area (Å²) in [6.45, 7) is 6.40. The molecule has 0 saturated carbocycles. The predicted octanol–water partition coefficient (Wildman–Crippen LogP) is 1.74. The zero-order valence-electron chi connectivity index (χ0n) is 16.3. The number of hydrogen-bond acceptors (Lipinski definition) is 6. The number of amides is 1. The van der Waals surface area contributed by atoms with Crippen LogP contribution in [0, 0.1) is 6.92 Å². The highest BCUT2D eigenvalue weighted by atomic mass is 16.7. The Kier molecular flexibility index (Phi) is 6.56. The Morgan fingerprint density at radius 1 is 1.18 bits per heavy atom. The average Bonchev–Trinajstić information content (AvgIpc) is 3.00. The Labute approximate surface area is 164 Å². The van der Waals surface area contributed by atoms with Gasteiger partial charge < -0.3 is 19.5 Å². The van der Waals surface area contributed by atoms with Crippen molar-refractivity contribution in [3.63, 3.8) is 0 Å². The largest absolute Gasteiger partial charge is 0.503 e. The molecular weight excluding hydrogens is 362 g/mol. The van der Waals surface area contributed by atoms with E-state index < -0.39 is 11.7 Å². The molecule has 1 aromatic heterocycles. The highest BCUT2D eigenvalue weighted by Gasteiger charge is 2.25. The third kappa shape index (κ3) is 4.64. The van der Waals surface area contributed by atoms with Gasteiger partial charge in [-0.05, 0) is 12.5 Å². The van der Waals surface area contributed by atoms with E-state index in [0.717, 1.165) is 29.3 Å². The summed E-state index contributed by atoms with van der Waals surface area (Å²) in [6.07, 6.45) is 1.47. The number of carbonyl (C=O) groups is 1. The molecule has 1 saturated heterocycles. The molecule has 1 aliphatic heterocycles. The predicted molar refractivity (Wildman–Crippen MR) is 103 cm³/mol. The van der Waals surface area contributed by atoms with Gasteiger partial charge in [0.15, 0.2) is 5.75 Å². The molecule has 3 rings (SSSR count). The maximum absolute atomic E-state index is 12.8. The summed E-state index contributed by atoms with van der Waals surface area (Å²) in [4.78, 5) is 20.3. The zero-order valence-corrected chi connectivity index (χ0v) is 16.3. The number of aromatic hydroxyl groups is 2. The molecule has 2 N–H and O–H groups in total. The number of benzene rings is 1. The molecule has 8 nitrogen and oxygen atoms in total. The summed E-state index contributed by atoms with van der Waals surface area (Å²) in [5.41, 5.74) is 2.03. The van der Waals surface area contributed by atoms with Gasteiger partial charge in [-0.1, -0.05) is 29.8 Å². The van der Waals surface area contributed by atoms with E-state index in [1.54, 1.807) is 0 Å². The first-order valence-corrected chi connectivity index (χ1v) is 9.32. The third-order valence-corrected chi connectivity index (χ3v) is 4.91. The van der Waals surface area contributed by atoms with Gasteiger partial charge in [0.05, 0.1) is 26.9 Å². The molecule has 0 radical (unpaired) electrons. The number of morpholine rings is 1. The van der Waals surface area contributed by atoms with E-state index in [2.05, 4.69) is 4.90 Å². The van der Waals surface area contributed by atoms with Crippen LogP contribution >= 0.6 is 0 Å². The first-order chi connectivity index (χ1) is 13.5. The number of hydroxylamine groups is 2. The van der Waals surface area contributed by atoms with Crippen LogP contribution in [0.15, 0.2) is 30.5 Å². The van der Waals surface area contributed by atoms with Gasteiger partial charge >= 0.3 is 0 Å². The topological polar surface area (TPSA) is 87.4 Å². The fourth-order valence-electron chi connectivity index (χ4n) is 3.15. The lowest BCUT2D eigenvalue weighted by atomic mass is 10.1. The van der Waals surface area contributed by atoms with Crippen LogP contribution in [-0.4, -0.2) is 70.6 Å². The maximum atomic E-state index is 12.8. The van der Waals surface area contributed by atoms with Gasteiger partial charge in [-0.15, -0.1) is 0 Å². The molecule has 28 heavy (non-hydrogen) atoms. The Balaban J connectivity index is 1.70.